The van der Waals surface area contributed by atoms with Crippen LogP contribution in [0.3, 0.4) is 0 Å². The molecule has 2 heterocycles. The molecule has 1 aromatic rings. The van der Waals surface area contributed by atoms with Crippen molar-refractivity contribution in [2.24, 2.45) is 5.92 Å². The van der Waals surface area contributed by atoms with Crippen molar-refractivity contribution in [3.63, 3.8) is 0 Å². The second kappa shape index (κ2) is 5.52. The summed E-state index contributed by atoms with van der Waals surface area (Å²) in [4.78, 5) is 10.7. The maximum atomic E-state index is 5.77. The van der Waals surface area contributed by atoms with E-state index < -0.39 is 0 Å². The van der Waals surface area contributed by atoms with E-state index >= 15 is 0 Å². The van der Waals surface area contributed by atoms with Crippen LogP contribution in [-0.2, 0) is 0 Å². The molecule has 0 aliphatic carbocycles. The quantitative estimate of drug-likeness (QED) is 0.846. The van der Waals surface area contributed by atoms with E-state index in [0.29, 0.717) is 17.8 Å². The first-order valence-electron chi connectivity index (χ1n) is 6.63. The molecule has 1 unspecified atom stereocenters. The van der Waals surface area contributed by atoms with Crippen molar-refractivity contribution >= 4 is 11.6 Å². The van der Waals surface area contributed by atoms with Crippen LogP contribution < -0.4 is 11.1 Å². The molecule has 1 fully saturated rings. The molecular formula is C13H23N5. The first-order valence-corrected chi connectivity index (χ1v) is 6.63. The van der Waals surface area contributed by atoms with Gasteiger partial charge in [-0.15, -0.1) is 0 Å². The fraction of sp³-hybridized carbons (Fsp3) is 0.692. The summed E-state index contributed by atoms with van der Waals surface area (Å²) in [6, 6.07) is 0.645. The van der Waals surface area contributed by atoms with Crippen molar-refractivity contribution in [1.82, 2.24) is 14.9 Å². The molecule has 1 saturated heterocycles. The van der Waals surface area contributed by atoms with Gasteiger partial charge < -0.3 is 16.0 Å². The highest BCUT2D eigenvalue weighted by molar-refractivity contribution is 5.53. The van der Waals surface area contributed by atoms with Gasteiger partial charge in [-0.2, -0.15) is 0 Å². The monoisotopic (exact) mass is 249 g/mol. The zero-order chi connectivity index (χ0) is 13.1. The van der Waals surface area contributed by atoms with E-state index in [1.54, 1.807) is 0 Å². The Morgan fingerprint density at radius 3 is 2.94 bits per heavy atom. The van der Waals surface area contributed by atoms with Gasteiger partial charge in [-0.1, -0.05) is 0 Å². The summed E-state index contributed by atoms with van der Waals surface area (Å²) in [6.45, 7) is 9.79. The van der Waals surface area contributed by atoms with Crippen molar-refractivity contribution in [2.45, 2.75) is 33.2 Å². The van der Waals surface area contributed by atoms with Gasteiger partial charge in [-0.3, -0.25) is 0 Å². The summed E-state index contributed by atoms with van der Waals surface area (Å²) in [7, 11) is 0. The Bertz CT molecular complexity index is 404. The SMILES string of the molecule is Cc1c(N)ncnc1NCC1CCN(C(C)C)C1. The zero-order valence-corrected chi connectivity index (χ0v) is 11.5. The van der Waals surface area contributed by atoms with Gasteiger partial charge in [0.15, 0.2) is 0 Å². The van der Waals surface area contributed by atoms with E-state index in [-0.39, 0.29) is 0 Å². The van der Waals surface area contributed by atoms with Crippen LogP contribution in [0.5, 0.6) is 0 Å². The van der Waals surface area contributed by atoms with Crippen LogP contribution in [-0.4, -0.2) is 40.5 Å². The van der Waals surface area contributed by atoms with Gasteiger partial charge in [0.1, 0.15) is 18.0 Å². The predicted molar refractivity (Wildman–Crippen MR) is 74.5 cm³/mol. The van der Waals surface area contributed by atoms with Crippen molar-refractivity contribution in [1.29, 1.82) is 0 Å². The van der Waals surface area contributed by atoms with Crippen LogP contribution >= 0.6 is 0 Å². The normalized spacial score (nSPS) is 20.6. The first-order chi connectivity index (χ1) is 8.58. The van der Waals surface area contributed by atoms with Crippen LogP contribution in [0.2, 0.25) is 0 Å². The Morgan fingerprint density at radius 1 is 1.50 bits per heavy atom. The molecule has 1 aliphatic heterocycles. The molecule has 0 bridgehead atoms. The molecule has 0 spiro atoms. The number of nitrogens with one attached hydrogen (secondary N) is 1. The summed E-state index contributed by atoms with van der Waals surface area (Å²) < 4.78 is 0. The standard InChI is InChI=1S/C13H23N5/c1-9(2)18-5-4-11(7-18)6-15-13-10(3)12(14)16-8-17-13/h8-9,11H,4-7H2,1-3H3,(H3,14,15,16,17). The van der Waals surface area contributed by atoms with Crippen molar-refractivity contribution in [3.05, 3.63) is 11.9 Å². The number of hydrogen-bond acceptors (Lipinski definition) is 5. The number of hydrogen-bond donors (Lipinski definition) is 2. The highest BCUT2D eigenvalue weighted by Gasteiger charge is 2.24. The Hall–Kier alpha value is -1.36. The fourth-order valence-corrected chi connectivity index (χ4v) is 2.38. The third kappa shape index (κ3) is 2.90. The molecule has 0 aromatic carbocycles. The predicted octanol–water partition coefficient (Wildman–Crippen LogP) is 1.51. The van der Waals surface area contributed by atoms with E-state index in [2.05, 4.69) is 34.0 Å². The average molecular weight is 249 g/mol. The third-order valence-corrected chi connectivity index (χ3v) is 3.73. The highest BCUT2D eigenvalue weighted by Crippen LogP contribution is 2.20. The van der Waals surface area contributed by atoms with Crippen molar-refractivity contribution in [2.75, 3.05) is 30.7 Å². The van der Waals surface area contributed by atoms with E-state index in [1.165, 1.54) is 25.8 Å². The zero-order valence-electron chi connectivity index (χ0n) is 11.5. The third-order valence-electron chi connectivity index (χ3n) is 3.73. The minimum Gasteiger partial charge on any atom is -0.383 e. The summed E-state index contributed by atoms with van der Waals surface area (Å²) >= 11 is 0. The Morgan fingerprint density at radius 2 is 2.28 bits per heavy atom. The van der Waals surface area contributed by atoms with Gasteiger partial charge in [-0.25, -0.2) is 9.97 Å². The summed E-state index contributed by atoms with van der Waals surface area (Å²) in [5, 5.41) is 3.40. The molecule has 5 heteroatoms. The molecule has 0 radical (unpaired) electrons. The Balaban J connectivity index is 1.87. The minimum atomic E-state index is 0.558. The molecule has 100 valence electrons. The lowest BCUT2D eigenvalue weighted by Gasteiger charge is -2.20. The lowest BCUT2D eigenvalue weighted by Crippen LogP contribution is -2.29. The van der Waals surface area contributed by atoms with E-state index in [1.807, 2.05) is 6.92 Å². The molecule has 18 heavy (non-hydrogen) atoms. The smallest absolute Gasteiger partial charge is 0.134 e. The van der Waals surface area contributed by atoms with Gasteiger partial charge in [0.25, 0.3) is 0 Å². The van der Waals surface area contributed by atoms with Crippen LogP contribution in [0.15, 0.2) is 6.33 Å². The number of nitrogens with two attached hydrogens (primary N) is 1. The second-order valence-electron chi connectivity index (χ2n) is 5.36. The van der Waals surface area contributed by atoms with Crippen molar-refractivity contribution < 1.29 is 0 Å². The number of aromatic nitrogens is 2. The van der Waals surface area contributed by atoms with Gasteiger partial charge in [0, 0.05) is 24.7 Å². The molecule has 3 N–H and O–H groups in total. The molecule has 1 aliphatic rings. The van der Waals surface area contributed by atoms with E-state index in [9.17, 15) is 0 Å². The van der Waals surface area contributed by atoms with Gasteiger partial charge >= 0.3 is 0 Å². The van der Waals surface area contributed by atoms with Gasteiger partial charge in [0.05, 0.1) is 0 Å². The van der Waals surface area contributed by atoms with E-state index in [0.717, 1.165) is 17.9 Å². The molecule has 1 aromatic heterocycles. The first kappa shape index (κ1) is 13.1. The Labute approximate surface area is 109 Å². The minimum absolute atomic E-state index is 0.558. The molecule has 0 amide bonds. The molecule has 0 saturated carbocycles. The van der Waals surface area contributed by atoms with Crippen molar-refractivity contribution in [3.8, 4) is 0 Å². The highest BCUT2D eigenvalue weighted by atomic mass is 15.2. The number of likely N-dealkylation sites (tertiary alicyclic amines) is 1. The average Bonchev–Trinajstić information content (AvgIpc) is 2.80. The summed E-state index contributed by atoms with van der Waals surface area (Å²) in [6.07, 6.45) is 2.77. The molecule has 2 rings (SSSR count). The summed E-state index contributed by atoms with van der Waals surface area (Å²) in [5.41, 5.74) is 6.71. The maximum absolute atomic E-state index is 5.77. The number of nitrogens with zero attached hydrogens (tertiary/aromatic N) is 3. The van der Waals surface area contributed by atoms with E-state index in [4.69, 9.17) is 5.73 Å². The Kier molecular flexibility index (Phi) is 4.01. The van der Waals surface area contributed by atoms with Gasteiger partial charge in [0.2, 0.25) is 0 Å². The number of nitrogen functional groups attached to an aromatic ring is 1. The number of anilines is 2. The van der Waals surface area contributed by atoms with Crippen LogP contribution in [0.4, 0.5) is 11.6 Å². The second-order valence-corrected chi connectivity index (χ2v) is 5.36. The largest absolute Gasteiger partial charge is 0.383 e. The van der Waals surface area contributed by atoms with Crippen LogP contribution in [0.1, 0.15) is 25.8 Å². The molecule has 5 nitrogen and oxygen atoms in total. The van der Waals surface area contributed by atoms with Crippen LogP contribution in [0, 0.1) is 12.8 Å². The summed E-state index contributed by atoms with van der Waals surface area (Å²) in [5.74, 6) is 2.12. The molecular weight excluding hydrogens is 226 g/mol. The maximum Gasteiger partial charge on any atom is 0.134 e. The van der Waals surface area contributed by atoms with Crippen LogP contribution in [0.25, 0.3) is 0 Å². The lowest BCUT2D eigenvalue weighted by molar-refractivity contribution is 0.266. The topological polar surface area (TPSA) is 67.1 Å². The molecule has 1 atom stereocenters. The van der Waals surface area contributed by atoms with Gasteiger partial charge in [-0.05, 0) is 39.7 Å². The lowest BCUT2D eigenvalue weighted by atomic mass is 10.1. The number of rotatable bonds is 4. The fourth-order valence-electron chi connectivity index (χ4n) is 2.38.